The van der Waals surface area contributed by atoms with Crippen LogP contribution in [0.3, 0.4) is 0 Å². The first-order chi connectivity index (χ1) is 12.7. The van der Waals surface area contributed by atoms with Gasteiger partial charge in [-0.1, -0.05) is 19.9 Å². The number of nitrogens with zero attached hydrogens (tertiary/aromatic N) is 1. The van der Waals surface area contributed by atoms with Gasteiger partial charge in [-0.25, -0.2) is 8.42 Å². The number of hydrogen-bond acceptors (Lipinski definition) is 5. The Morgan fingerprint density at radius 3 is 2.74 bits per heavy atom. The average Bonchev–Trinajstić information content (AvgIpc) is 3.23. The molecule has 7 nitrogen and oxygen atoms in total. The van der Waals surface area contributed by atoms with Gasteiger partial charge >= 0.3 is 0 Å². The summed E-state index contributed by atoms with van der Waals surface area (Å²) in [7, 11) is -2.98. The minimum atomic E-state index is -2.98. The van der Waals surface area contributed by atoms with Gasteiger partial charge in [0.15, 0.2) is 15.8 Å². The topological polar surface area (TPSA) is 99.7 Å². The lowest BCUT2D eigenvalue weighted by Crippen LogP contribution is -2.41. The maximum Gasteiger partial charge on any atom is 0.222 e. The van der Waals surface area contributed by atoms with E-state index in [9.17, 15) is 13.2 Å². The van der Waals surface area contributed by atoms with Gasteiger partial charge in [0.1, 0.15) is 0 Å². The lowest BCUT2D eigenvalue weighted by Gasteiger charge is -2.22. The number of aliphatic imine (C=N–C) groups is 1. The fraction of sp³-hybridized carbons (Fsp3) is 0.667. The Morgan fingerprint density at radius 2 is 2.15 bits per heavy atom. The van der Waals surface area contributed by atoms with E-state index in [2.05, 4.69) is 46.2 Å². The summed E-state index contributed by atoms with van der Waals surface area (Å²) in [4.78, 5) is 18.0. The molecule has 1 aliphatic heterocycles. The monoisotopic (exact) mass is 414 g/mol. The van der Waals surface area contributed by atoms with E-state index < -0.39 is 9.84 Å². The van der Waals surface area contributed by atoms with Gasteiger partial charge in [-0.05, 0) is 24.8 Å². The van der Waals surface area contributed by atoms with Gasteiger partial charge in [0, 0.05) is 35.8 Å². The van der Waals surface area contributed by atoms with Crippen LogP contribution < -0.4 is 16.0 Å². The van der Waals surface area contributed by atoms with E-state index in [0.717, 1.165) is 6.54 Å². The minimum absolute atomic E-state index is 0.0497. The van der Waals surface area contributed by atoms with Crippen molar-refractivity contribution in [2.24, 2.45) is 4.99 Å². The van der Waals surface area contributed by atoms with E-state index in [1.165, 1.54) is 4.88 Å². The first-order valence-electron chi connectivity index (χ1n) is 9.28. The third kappa shape index (κ3) is 7.14. The van der Waals surface area contributed by atoms with Gasteiger partial charge in [0.05, 0.1) is 18.1 Å². The highest BCUT2D eigenvalue weighted by molar-refractivity contribution is 7.91. The number of amides is 1. The molecule has 0 radical (unpaired) electrons. The van der Waals surface area contributed by atoms with Crippen molar-refractivity contribution in [3.05, 3.63) is 22.4 Å². The highest BCUT2D eigenvalue weighted by Crippen LogP contribution is 2.27. The van der Waals surface area contributed by atoms with E-state index in [4.69, 9.17) is 0 Å². The Morgan fingerprint density at radius 1 is 1.37 bits per heavy atom. The van der Waals surface area contributed by atoms with Crippen molar-refractivity contribution in [2.45, 2.75) is 45.1 Å². The van der Waals surface area contributed by atoms with Crippen molar-refractivity contribution >= 4 is 33.0 Å². The van der Waals surface area contributed by atoms with Crippen LogP contribution in [-0.4, -0.2) is 57.5 Å². The van der Waals surface area contributed by atoms with Crippen LogP contribution in [0.1, 0.15) is 38.5 Å². The first kappa shape index (κ1) is 21.7. The molecule has 1 aliphatic rings. The number of nitrogens with one attached hydrogen (secondary N) is 3. The Labute approximate surface area is 166 Å². The Bertz CT molecular complexity index is 743. The number of hydrogen-bond donors (Lipinski definition) is 3. The van der Waals surface area contributed by atoms with E-state index in [0.29, 0.717) is 25.5 Å². The molecule has 0 spiro atoms. The van der Waals surface area contributed by atoms with Crippen molar-refractivity contribution in [2.75, 3.05) is 31.1 Å². The Kier molecular flexibility index (Phi) is 7.67. The number of sulfone groups is 1. The number of guanidine groups is 1. The molecular weight excluding hydrogens is 384 g/mol. The number of carbonyl (C=O) groups is 1. The molecule has 1 amide bonds. The maximum absolute atomic E-state index is 12.0. The molecule has 1 saturated heterocycles. The van der Waals surface area contributed by atoms with Crippen molar-refractivity contribution in [1.82, 2.24) is 16.0 Å². The molecular formula is C18H30N4O3S2. The van der Waals surface area contributed by atoms with E-state index in [1.807, 2.05) is 13.0 Å². The van der Waals surface area contributed by atoms with Crippen LogP contribution in [0.15, 0.2) is 22.5 Å². The molecule has 9 heteroatoms. The summed E-state index contributed by atoms with van der Waals surface area (Å²) in [6.45, 7) is 8.13. The molecule has 2 heterocycles. The van der Waals surface area contributed by atoms with E-state index >= 15 is 0 Å². The fourth-order valence-corrected chi connectivity index (χ4v) is 5.38. The lowest BCUT2D eigenvalue weighted by molar-refractivity contribution is -0.121. The number of rotatable bonds is 8. The first-order valence-corrected chi connectivity index (χ1v) is 12.0. The highest BCUT2D eigenvalue weighted by atomic mass is 32.2. The molecule has 1 atom stereocenters. The molecule has 2 rings (SSSR count). The molecule has 0 aromatic carbocycles. The van der Waals surface area contributed by atoms with Crippen LogP contribution in [0.5, 0.6) is 0 Å². The molecule has 0 bridgehead atoms. The lowest BCUT2D eigenvalue weighted by atomic mass is 9.92. The summed E-state index contributed by atoms with van der Waals surface area (Å²) in [5.41, 5.74) is -0.0537. The summed E-state index contributed by atoms with van der Waals surface area (Å²) in [5, 5.41) is 11.2. The molecule has 1 aromatic heterocycles. The summed E-state index contributed by atoms with van der Waals surface area (Å²) >= 11 is 1.73. The molecule has 0 aliphatic carbocycles. The molecule has 3 N–H and O–H groups in total. The number of thiophene rings is 1. The summed E-state index contributed by atoms with van der Waals surface area (Å²) in [6, 6.07) is 3.91. The fourth-order valence-electron chi connectivity index (χ4n) is 2.86. The van der Waals surface area contributed by atoms with Crippen LogP contribution in [0.25, 0.3) is 0 Å². The Balaban J connectivity index is 1.79. The van der Waals surface area contributed by atoms with Gasteiger partial charge in [-0.2, -0.15) is 0 Å². The zero-order valence-corrected chi connectivity index (χ0v) is 17.9. The zero-order valence-electron chi connectivity index (χ0n) is 16.2. The predicted molar refractivity (Wildman–Crippen MR) is 111 cm³/mol. The molecule has 152 valence electrons. The van der Waals surface area contributed by atoms with Crippen LogP contribution in [0, 0.1) is 0 Å². The third-order valence-corrected chi connectivity index (χ3v) is 7.41. The summed E-state index contributed by atoms with van der Waals surface area (Å²) in [5.74, 6) is 0.749. The van der Waals surface area contributed by atoms with Crippen molar-refractivity contribution in [1.29, 1.82) is 0 Å². The van der Waals surface area contributed by atoms with Gasteiger partial charge in [-0.3, -0.25) is 9.79 Å². The van der Waals surface area contributed by atoms with Crippen LogP contribution in [0.4, 0.5) is 0 Å². The maximum atomic E-state index is 12.0. The Hall–Kier alpha value is -1.61. The predicted octanol–water partition coefficient (Wildman–Crippen LogP) is 1.27. The number of carbonyl (C=O) groups excluding carboxylic acids is 1. The molecule has 1 aromatic rings. The SMILES string of the molecule is CCNC(=NCC(C)(C)c1cccs1)NCCC(=O)NC1CCS(=O)(=O)C1. The van der Waals surface area contributed by atoms with Crippen LogP contribution >= 0.6 is 11.3 Å². The molecule has 27 heavy (non-hydrogen) atoms. The van der Waals surface area contributed by atoms with Gasteiger partial charge < -0.3 is 16.0 Å². The van der Waals surface area contributed by atoms with Crippen molar-refractivity contribution in [3.8, 4) is 0 Å². The third-order valence-electron chi connectivity index (χ3n) is 4.41. The van der Waals surface area contributed by atoms with Gasteiger partial charge in [0.2, 0.25) is 5.91 Å². The quantitative estimate of drug-likeness (QED) is 0.439. The summed E-state index contributed by atoms with van der Waals surface area (Å²) in [6.07, 6.45) is 0.776. The smallest absolute Gasteiger partial charge is 0.222 e. The normalized spacial score (nSPS) is 19.7. The van der Waals surface area contributed by atoms with Crippen LogP contribution in [0.2, 0.25) is 0 Å². The van der Waals surface area contributed by atoms with E-state index in [1.54, 1.807) is 11.3 Å². The molecule has 0 saturated carbocycles. The highest BCUT2D eigenvalue weighted by Gasteiger charge is 2.28. The minimum Gasteiger partial charge on any atom is -0.357 e. The second-order valence-electron chi connectivity index (χ2n) is 7.40. The molecule has 1 unspecified atom stereocenters. The van der Waals surface area contributed by atoms with Gasteiger partial charge in [-0.15, -0.1) is 11.3 Å². The van der Waals surface area contributed by atoms with E-state index in [-0.39, 0.29) is 35.3 Å². The van der Waals surface area contributed by atoms with Gasteiger partial charge in [0.25, 0.3) is 0 Å². The second kappa shape index (κ2) is 9.54. The standard InChI is InChI=1S/C18H30N4O3S2/c1-4-19-17(21-13-18(2,3)15-6-5-10-26-15)20-9-7-16(23)22-14-8-11-27(24,25)12-14/h5-6,10,14H,4,7-9,11-13H2,1-3H3,(H,22,23)(H2,19,20,21). The molecule has 1 fully saturated rings. The largest absolute Gasteiger partial charge is 0.357 e. The van der Waals surface area contributed by atoms with Crippen molar-refractivity contribution in [3.63, 3.8) is 0 Å². The van der Waals surface area contributed by atoms with Crippen LogP contribution in [-0.2, 0) is 20.0 Å². The average molecular weight is 415 g/mol. The second-order valence-corrected chi connectivity index (χ2v) is 10.6. The van der Waals surface area contributed by atoms with Crippen molar-refractivity contribution < 1.29 is 13.2 Å². The zero-order chi connectivity index (χ0) is 19.9. The summed E-state index contributed by atoms with van der Waals surface area (Å²) < 4.78 is 22.9.